The van der Waals surface area contributed by atoms with Crippen molar-refractivity contribution in [2.45, 2.75) is 11.2 Å². The highest BCUT2D eigenvalue weighted by atomic mass is 79.9. The van der Waals surface area contributed by atoms with Crippen molar-refractivity contribution < 1.29 is 9.34 Å². The molecule has 0 amide bonds. The summed E-state index contributed by atoms with van der Waals surface area (Å²) in [6, 6.07) is 8.26. The Hall–Kier alpha value is -1.33. The summed E-state index contributed by atoms with van der Waals surface area (Å²) < 4.78 is 5.02. The molecule has 1 heterocycles. The Morgan fingerprint density at radius 1 is 1.33 bits per heavy atom. The molecular formula is C12H9BrClNO3. The van der Waals surface area contributed by atoms with E-state index in [1.165, 1.54) is 18.4 Å². The first kappa shape index (κ1) is 13.1. The Kier molecular flexibility index (Phi) is 4.04. The SMILES string of the molecule is O=[N+]([O-])c1ccc(CC(Br)c2ccoc2Cl)cc1. The van der Waals surface area contributed by atoms with Crippen molar-refractivity contribution in [3.63, 3.8) is 0 Å². The number of rotatable bonds is 4. The van der Waals surface area contributed by atoms with Crippen molar-refractivity contribution in [3.8, 4) is 0 Å². The zero-order valence-corrected chi connectivity index (χ0v) is 11.5. The van der Waals surface area contributed by atoms with Crippen molar-refractivity contribution in [2.75, 3.05) is 0 Å². The molecule has 0 N–H and O–H groups in total. The van der Waals surface area contributed by atoms with Gasteiger partial charge < -0.3 is 4.42 Å². The molecule has 0 aliphatic heterocycles. The fourth-order valence-electron chi connectivity index (χ4n) is 1.60. The van der Waals surface area contributed by atoms with Gasteiger partial charge in [0.2, 0.25) is 0 Å². The number of nitro benzene ring substituents is 1. The Labute approximate surface area is 117 Å². The van der Waals surface area contributed by atoms with Crippen LogP contribution in [0.5, 0.6) is 0 Å². The lowest BCUT2D eigenvalue weighted by atomic mass is 10.1. The van der Waals surface area contributed by atoms with E-state index in [2.05, 4.69) is 15.9 Å². The minimum atomic E-state index is -0.414. The second-order valence-corrected chi connectivity index (χ2v) is 5.19. The van der Waals surface area contributed by atoms with Gasteiger partial charge in [-0.25, -0.2) is 0 Å². The lowest BCUT2D eigenvalue weighted by Crippen LogP contribution is -1.95. The Morgan fingerprint density at radius 2 is 2.00 bits per heavy atom. The van der Waals surface area contributed by atoms with Gasteiger partial charge in [-0.1, -0.05) is 28.1 Å². The molecule has 0 spiro atoms. The van der Waals surface area contributed by atoms with E-state index in [0.717, 1.165) is 11.1 Å². The summed E-state index contributed by atoms with van der Waals surface area (Å²) in [4.78, 5) is 10.1. The zero-order valence-electron chi connectivity index (χ0n) is 9.18. The van der Waals surface area contributed by atoms with E-state index in [-0.39, 0.29) is 10.5 Å². The first-order chi connectivity index (χ1) is 8.58. The monoisotopic (exact) mass is 329 g/mol. The van der Waals surface area contributed by atoms with Crippen molar-refractivity contribution >= 4 is 33.2 Å². The number of nitrogens with zero attached hydrogens (tertiary/aromatic N) is 1. The Bertz CT molecular complexity index is 553. The Morgan fingerprint density at radius 3 is 2.50 bits per heavy atom. The minimum absolute atomic E-state index is 0.0187. The first-order valence-corrected chi connectivity index (χ1v) is 6.47. The molecule has 1 aromatic heterocycles. The summed E-state index contributed by atoms with van der Waals surface area (Å²) in [5, 5.41) is 10.9. The van der Waals surface area contributed by atoms with Gasteiger partial charge >= 0.3 is 0 Å². The Balaban J connectivity index is 2.10. The average molecular weight is 331 g/mol. The van der Waals surface area contributed by atoms with Crippen molar-refractivity contribution in [3.05, 3.63) is 63.1 Å². The summed E-state index contributed by atoms with van der Waals surface area (Å²) >= 11 is 9.40. The zero-order chi connectivity index (χ0) is 13.1. The van der Waals surface area contributed by atoms with E-state index in [9.17, 15) is 10.1 Å². The molecule has 18 heavy (non-hydrogen) atoms. The maximum absolute atomic E-state index is 10.5. The van der Waals surface area contributed by atoms with Gasteiger partial charge in [-0.05, 0) is 29.7 Å². The first-order valence-electron chi connectivity index (χ1n) is 5.18. The number of hydrogen-bond donors (Lipinski definition) is 0. The van der Waals surface area contributed by atoms with Crippen LogP contribution >= 0.6 is 27.5 Å². The van der Waals surface area contributed by atoms with Crippen LogP contribution in [0.1, 0.15) is 16.0 Å². The molecule has 2 rings (SSSR count). The number of alkyl halides is 1. The molecule has 0 fully saturated rings. The number of hydrogen-bond acceptors (Lipinski definition) is 3. The third-order valence-electron chi connectivity index (χ3n) is 2.55. The second-order valence-electron chi connectivity index (χ2n) is 3.74. The molecule has 6 heteroatoms. The molecule has 0 aliphatic carbocycles. The standard InChI is InChI=1S/C12H9BrClNO3/c13-11(10-5-6-18-12(10)14)7-8-1-3-9(4-2-8)15(16)17/h1-6,11H,7H2. The van der Waals surface area contributed by atoms with Crippen LogP contribution in [0.25, 0.3) is 0 Å². The summed E-state index contributed by atoms with van der Waals surface area (Å²) in [5.74, 6) is 0. The van der Waals surface area contributed by atoms with Crippen LogP contribution in [0.2, 0.25) is 5.22 Å². The maximum Gasteiger partial charge on any atom is 0.269 e. The van der Waals surface area contributed by atoms with Gasteiger partial charge in [0.15, 0.2) is 5.22 Å². The molecule has 0 saturated carbocycles. The van der Waals surface area contributed by atoms with E-state index < -0.39 is 4.92 Å². The van der Waals surface area contributed by atoms with E-state index in [4.69, 9.17) is 16.0 Å². The van der Waals surface area contributed by atoms with Crippen LogP contribution < -0.4 is 0 Å². The fraction of sp³-hybridized carbons (Fsp3) is 0.167. The number of nitro groups is 1. The predicted molar refractivity (Wildman–Crippen MR) is 72.2 cm³/mol. The minimum Gasteiger partial charge on any atom is -0.453 e. The normalized spacial score (nSPS) is 12.3. The van der Waals surface area contributed by atoms with E-state index in [1.54, 1.807) is 18.2 Å². The smallest absolute Gasteiger partial charge is 0.269 e. The molecule has 0 radical (unpaired) electrons. The molecular weight excluding hydrogens is 321 g/mol. The molecule has 4 nitrogen and oxygen atoms in total. The largest absolute Gasteiger partial charge is 0.453 e. The fourth-order valence-corrected chi connectivity index (χ4v) is 2.71. The lowest BCUT2D eigenvalue weighted by molar-refractivity contribution is -0.384. The van der Waals surface area contributed by atoms with Crippen molar-refractivity contribution in [1.29, 1.82) is 0 Å². The summed E-state index contributed by atoms with van der Waals surface area (Å²) in [6.07, 6.45) is 2.21. The van der Waals surface area contributed by atoms with Crippen LogP contribution in [0, 0.1) is 10.1 Å². The van der Waals surface area contributed by atoms with Gasteiger partial charge in [0.1, 0.15) is 0 Å². The van der Waals surface area contributed by atoms with E-state index in [0.29, 0.717) is 11.6 Å². The summed E-state index contributed by atoms with van der Waals surface area (Å²) in [5.41, 5.74) is 1.95. The van der Waals surface area contributed by atoms with Gasteiger partial charge in [0, 0.05) is 22.5 Å². The molecule has 94 valence electrons. The van der Waals surface area contributed by atoms with Gasteiger partial charge in [0.05, 0.1) is 11.2 Å². The highest BCUT2D eigenvalue weighted by Gasteiger charge is 2.15. The molecule has 2 aromatic rings. The number of non-ortho nitro benzene ring substituents is 1. The number of benzene rings is 1. The summed E-state index contributed by atoms with van der Waals surface area (Å²) in [6.45, 7) is 0. The predicted octanol–water partition coefficient (Wildman–Crippen LogP) is 4.52. The highest BCUT2D eigenvalue weighted by molar-refractivity contribution is 9.09. The lowest BCUT2D eigenvalue weighted by Gasteiger charge is -2.07. The van der Waals surface area contributed by atoms with Crippen molar-refractivity contribution in [2.24, 2.45) is 0 Å². The van der Waals surface area contributed by atoms with Gasteiger partial charge in [-0.3, -0.25) is 10.1 Å². The van der Waals surface area contributed by atoms with Crippen LogP contribution in [0.15, 0.2) is 41.0 Å². The van der Waals surface area contributed by atoms with Gasteiger partial charge in [-0.2, -0.15) is 0 Å². The second kappa shape index (κ2) is 5.54. The molecule has 0 bridgehead atoms. The van der Waals surface area contributed by atoms with Crippen LogP contribution in [0.4, 0.5) is 5.69 Å². The topological polar surface area (TPSA) is 56.3 Å². The third kappa shape index (κ3) is 2.91. The number of furan rings is 1. The van der Waals surface area contributed by atoms with Gasteiger partial charge in [0.25, 0.3) is 5.69 Å². The maximum atomic E-state index is 10.5. The van der Waals surface area contributed by atoms with Gasteiger partial charge in [-0.15, -0.1) is 0 Å². The van der Waals surface area contributed by atoms with Crippen molar-refractivity contribution in [1.82, 2.24) is 0 Å². The highest BCUT2D eigenvalue weighted by Crippen LogP contribution is 2.33. The number of halogens is 2. The summed E-state index contributed by atoms with van der Waals surface area (Å²) in [7, 11) is 0. The van der Waals surface area contributed by atoms with E-state index in [1.807, 2.05) is 0 Å². The third-order valence-corrected chi connectivity index (χ3v) is 3.67. The van der Waals surface area contributed by atoms with Crippen LogP contribution in [-0.2, 0) is 6.42 Å². The molecule has 0 aliphatic rings. The van der Waals surface area contributed by atoms with Crippen LogP contribution in [0.3, 0.4) is 0 Å². The van der Waals surface area contributed by atoms with Crippen LogP contribution in [-0.4, -0.2) is 4.92 Å². The quantitative estimate of drug-likeness (QED) is 0.470. The van der Waals surface area contributed by atoms with E-state index >= 15 is 0 Å². The molecule has 0 saturated heterocycles. The molecule has 1 unspecified atom stereocenters. The molecule has 1 aromatic carbocycles. The average Bonchev–Trinajstić information content (AvgIpc) is 2.76. The molecule has 1 atom stereocenters.